The molecule has 2 aliphatic rings. The second-order valence-corrected chi connectivity index (χ2v) is 9.69. The molecular formula is C27H34FN3O4. The van der Waals surface area contributed by atoms with Crippen LogP contribution in [0.5, 0.6) is 5.75 Å². The Bertz CT molecular complexity index is 1000. The number of amides is 2. The van der Waals surface area contributed by atoms with E-state index in [9.17, 15) is 14.0 Å². The maximum absolute atomic E-state index is 13.3. The van der Waals surface area contributed by atoms with Crippen LogP contribution in [0.3, 0.4) is 0 Å². The number of rotatable bonds is 8. The Morgan fingerprint density at radius 3 is 2.57 bits per heavy atom. The van der Waals surface area contributed by atoms with Crippen LogP contribution >= 0.6 is 0 Å². The van der Waals surface area contributed by atoms with Gasteiger partial charge in [-0.3, -0.25) is 9.59 Å². The van der Waals surface area contributed by atoms with Gasteiger partial charge < -0.3 is 24.2 Å². The molecule has 0 unspecified atom stereocenters. The fourth-order valence-corrected chi connectivity index (χ4v) is 4.77. The molecule has 2 atom stereocenters. The zero-order chi connectivity index (χ0) is 24.8. The molecule has 2 fully saturated rings. The van der Waals surface area contributed by atoms with Crippen LogP contribution in [0.4, 0.5) is 4.39 Å². The van der Waals surface area contributed by atoms with Gasteiger partial charge in [-0.25, -0.2) is 4.39 Å². The maximum atomic E-state index is 13.3. The van der Waals surface area contributed by atoms with Gasteiger partial charge in [0.25, 0.3) is 0 Å². The molecule has 2 amide bonds. The molecule has 2 saturated heterocycles. The molecular weight excluding hydrogens is 449 g/mol. The first-order valence-electron chi connectivity index (χ1n) is 12.1. The van der Waals surface area contributed by atoms with Gasteiger partial charge in [-0.15, -0.1) is 0 Å². The second kappa shape index (κ2) is 11.2. The molecule has 188 valence electrons. The highest BCUT2D eigenvalue weighted by atomic mass is 19.1. The van der Waals surface area contributed by atoms with Crippen LogP contribution in [0.1, 0.15) is 18.4 Å². The Morgan fingerprint density at radius 2 is 1.89 bits per heavy atom. The summed E-state index contributed by atoms with van der Waals surface area (Å²) < 4.78 is 25.5. The van der Waals surface area contributed by atoms with E-state index in [0.717, 1.165) is 25.1 Å². The van der Waals surface area contributed by atoms with E-state index in [1.807, 2.05) is 42.3 Å². The molecule has 2 aromatic rings. The molecule has 0 bridgehead atoms. The van der Waals surface area contributed by atoms with Crippen LogP contribution in [0.15, 0.2) is 54.6 Å². The molecule has 4 rings (SSSR count). The summed E-state index contributed by atoms with van der Waals surface area (Å²) in [6, 6.07) is 15.5. The fraction of sp³-hybridized carbons (Fsp3) is 0.481. The van der Waals surface area contributed by atoms with E-state index in [-0.39, 0.29) is 43.1 Å². The van der Waals surface area contributed by atoms with Crippen LogP contribution in [0.2, 0.25) is 0 Å². The third-order valence-corrected chi connectivity index (χ3v) is 6.78. The molecule has 2 aliphatic heterocycles. The minimum atomic E-state index is -0.991. The number of hydrogen-bond donors (Lipinski definition) is 0. The molecule has 0 N–H and O–H groups in total. The number of ether oxygens (including phenoxy) is 2. The summed E-state index contributed by atoms with van der Waals surface area (Å²) in [4.78, 5) is 32.2. The quantitative estimate of drug-likeness (QED) is 0.578. The van der Waals surface area contributed by atoms with E-state index in [1.165, 1.54) is 12.1 Å². The standard InChI is InChI=1S/C27H34FN3O4/c1-29-13-12-22(18-29)26(33)31-14-15-35-27(19-31,20-34-24-10-8-23(28)9-11-24)16-25(32)30(2)17-21-6-4-3-5-7-21/h3-11,22H,12-20H2,1-2H3/t22-,27+/m0/s1. The van der Waals surface area contributed by atoms with Gasteiger partial charge in [-0.1, -0.05) is 30.3 Å². The lowest BCUT2D eigenvalue weighted by Crippen LogP contribution is -2.59. The van der Waals surface area contributed by atoms with E-state index < -0.39 is 5.60 Å². The summed E-state index contributed by atoms with van der Waals surface area (Å²) in [6.07, 6.45) is 0.913. The lowest BCUT2D eigenvalue weighted by atomic mass is 9.95. The lowest BCUT2D eigenvalue weighted by molar-refractivity contribution is -0.167. The molecule has 8 heteroatoms. The molecule has 35 heavy (non-hydrogen) atoms. The lowest BCUT2D eigenvalue weighted by Gasteiger charge is -2.43. The number of likely N-dealkylation sites (tertiary alicyclic amines) is 1. The number of halogens is 1. The van der Waals surface area contributed by atoms with Crippen molar-refractivity contribution >= 4 is 11.8 Å². The van der Waals surface area contributed by atoms with Crippen molar-refractivity contribution in [2.75, 3.05) is 53.5 Å². The van der Waals surface area contributed by atoms with Crippen LogP contribution < -0.4 is 4.74 Å². The van der Waals surface area contributed by atoms with Crippen LogP contribution in [-0.2, 0) is 20.9 Å². The molecule has 0 saturated carbocycles. The Hall–Kier alpha value is -2.97. The summed E-state index contributed by atoms with van der Waals surface area (Å²) in [5.74, 6) is 0.114. The third-order valence-electron chi connectivity index (χ3n) is 6.78. The van der Waals surface area contributed by atoms with Crippen molar-refractivity contribution < 1.29 is 23.5 Å². The van der Waals surface area contributed by atoms with Crippen molar-refractivity contribution in [1.82, 2.24) is 14.7 Å². The van der Waals surface area contributed by atoms with Crippen molar-refractivity contribution in [1.29, 1.82) is 0 Å². The van der Waals surface area contributed by atoms with Gasteiger partial charge >= 0.3 is 0 Å². The van der Waals surface area contributed by atoms with Gasteiger partial charge in [0.2, 0.25) is 11.8 Å². The molecule has 0 radical (unpaired) electrons. The Morgan fingerprint density at radius 1 is 1.14 bits per heavy atom. The minimum absolute atomic E-state index is 0.0368. The zero-order valence-electron chi connectivity index (χ0n) is 20.5. The average Bonchev–Trinajstić information content (AvgIpc) is 3.30. The van der Waals surface area contributed by atoms with Gasteiger partial charge in [0, 0.05) is 26.7 Å². The Kier molecular flexibility index (Phi) is 8.03. The van der Waals surface area contributed by atoms with Crippen LogP contribution in [0, 0.1) is 11.7 Å². The normalized spacial score (nSPS) is 22.7. The van der Waals surface area contributed by atoms with Crippen molar-refractivity contribution in [3.8, 4) is 5.75 Å². The van der Waals surface area contributed by atoms with Gasteiger partial charge in [-0.2, -0.15) is 0 Å². The SMILES string of the molecule is CN1CC[C@H](C(=O)N2CCO[C@](COc3ccc(F)cc3)(CC(=O)N(C)Cc3ccccc3)C2)C1. The largest absolute Gasteiger partial charge is 0.490 e. The zero-order valence-corrected chi connectivity index (χ0v) is 20.5. The van der Waals surface area contributed by atoms with Crippen molar-refractivity contribution in [3.05, 3.63) is 66.0 Å². The van der Waals surface area contributed by atoms with E-state index >= 15 is 0 Å². The van der Waals surface area contributed by atoms with Gasteiger partial charge in [-0.05, 0) is 49.8 Å². The number of nitrogens with zero attached hydrogens (tertiary/aromatic N) is 3. The highest BCUT2D eigenvalue weighted by Crippen LogP contribution is 2.28. The first kappa shape index (κ1) is 25.1. The number of benzene rings is 2. The van der Waals surface area contributed by atoms with E-state index in [4.69, 9.17) is 9.47 Å². The summed E-state index contributed by atoms with van der Waals surface area (Å²) in [5.41, 5.74) is 0.0427. The average molecular weight is 484 g/mol. The topological polar surface area (TPSA) is 62.3 Å². The number of hydrogen-bond acceptors (Lipinski definition) is 5. The van der Waals surface area contributed by atoms with Gasteiger partial charge in [0.05, 0.1) is 25.5 Å². The van der Waals surface area contributed by atoms with Crippen molar-refractivity contribution in [2.24, 2.45) is 5.92 Å². The van der Waals surface area contributed by atoms with Gasteiger partial charge in [0.15, 0.2) is 0 Å². The number of carbonyl (C=O) groups excluding carboxylic acids is 2. The fourth-order valence-electron chi connectivity index (χ4n) is 4.77. The summed E-state index contributed by atoms with van der Waals surface area (Å²) in [7, 11) is 3.79. The summed E-state index contributed by atoms with van der Waals surface area (Å²) >= 11 is 0. The maximum Gasteiger partial charge on any atom is 0.227 e. The molecule has 2 aromatic carbocycles. The molecule has 2 heterocycles. The van der Waals surface area contributed by atoms with Crippen molar-refractivity contribution in [3.63, 3.8) is 0 Å². The van der Waals surface area contributed by atoms with Crippen LogP contribution in [0.25, 0.3) is 0 Å². The highest BCUT2D eigenvalue weighted by molar-refractivity contribution is 5.80. The Labute approximate surface area is 206 Å². The van der Waals surface area contributed by atoms with E-state index in [2.05, 4.69) is 4.90 Å². The number of carbonyl (C=O) groups is 2. The smallest absolute Gasteiger partial charge is 0.227 e. The minimum Gasteiger partial charge on any atom is -0.490 e. The van der Waals surface area contributed by atoms with Crippen molar-refractivity contribution in [2.45, 2.75) is 25.0 Å². The molecule has 0 aromatic heterocycles. The third kappa shape index (κ3) is 6.58. The monoisotopic (exact) mass is 483 g/mol. The molecule has 7 nitrogen and oxygen atoms in total. The predicted molar refractivity (Wildman–Crippen MR) is 130 cm³/mol. The van der Waals surface area contributed by atoms with E-state index in [1.54, 1.807) is 24.1 Å². The van der Waals surface area contributed by atoms with Gasteiger partial charge in [0.1, 0.15) is 23.8 Å². The Balaban J connectivity index is 1.48. The summed E-state index contributed by atoms with van der Waals surface area (Å²) in [5, 5.41) is 0. The summed E-state index contributed by atoms with van der Waals surface area (Å²) in [6.45, 7) is 3.31. The molecule has 0 spiro atoms. The van der Waals surface area contributed by atoms with Crippen LogP contribution in [-0.4, -0.2) is 85.6 Å². The highest BCUT2D eigenvalue weighted by Gasteiger charge is 2.43. The van der Waals surface area contributed by atoms with E-state index in [0.29, 0.717) is 25.4 Å². The predicted octanol–water partition coefficient (Wildman–Crippen LogP) is 2.80. The first-order valence-corrected chi connectivity index (χ1v) is 12.1. The number of morpholine rings is 1. The first-order chi connectivity index (χ1) is 16.8. The molecule has 0 aliphatic carbocycles. The second-order valence-electron chi connectivity index (χ2n) is 9.69.